The number of nitrogens with two attached hydrogens (primary N) is 1. The van der Waals surface area contributed by atoms with E-state index in [0.29, 0.717) is 53.1 Å². The van der Waals surface area contributed by atoms with Gasteiger partial charge in [0.25, 0.3) is 11.1 Å². The minimum absolute atomic E-state index is 0. The maximum atomic E-state index is 16.1. The lowest BCUT2D eigenvalue weighted by Crippen LogP contribution is -2.46. The van der Waals surface area contributed by atoms with Crippen LogP contribution in [0.2, 0.25) is 0 Å². The molecule has 0 spiro atoms. The molecule has 8 rings (SSSR count). The summed E-state index contributed by atoms with van der Waals surface area (Å²) < 4.78 is 83.5. The summed E-state index contributed by atoms with van der Waals surface area (Å²) in [4.78, 5) is 80.6. The highest BCUT2D eigenvalue weighted by Gasteiger charge is 2.37. The smallest absolute Gasteiger partial charge is 0.416 e. The van der Waals surface area contributed by atoms with E-state index in [9.17, 15) is 51.4 Å². The zero-order valence-electron chi connectivity index (χ0n) is 61.1. The number of aliphatic carboxylic acids is 1. The molecular formula is C79H106F5N5O9S. The van der Waals surface area contributed by atoms with E-state index in [1.54, 1.807) is 64.3 Å². The molecule has 0 saturated carbocycles. The highest BCUT2D eigenvalue weighted by Crippen LogP contribution is 2.39. The first kappa shape index (κ1) is 82.4. The average Bonchev–Trinajstić information content (AvgIpc) is 0.801. The molecule has 0 bridgehead atoms. The Morgan fingerprint density at radius 3 is 1.39 bits per heavy atom. The van der Waals surface area contributed by atoms with E-state index in [1.165, 1.54) is 5.56 Å². The number of alkyl halides is 3. The summed E-state index contributed by atoms with van der Waals surface area (Å²) in [6, 6.07) is 15.2. The quantitative estimate of drug-likeness (QED) is 0.0388. The molecule has 542 valence electrons. The number of likely N-dealkylation sites (tertiary alicyclic amines) is 2. The number of benzene rings is 4. The molecule has 20 heteroatoms. The molecule has 4 heterocycles. The van der Waals surface area contributed by atoms with Crippen LogP contribution in [0, 0.1) is 97.6 Å². The minimum Gasteiger partial charge on any atom is -0.480 e. The standard InChI is InChI=1S/C40H53FN2O4.C21H26FNO2.C18H25F3N2O3.H2S/c1-10-47-38(46)20-32(34-18-33(16-30(9)40(34)41)39-28(7)14-25(4)15-29(39)8)19-36(44)35(13-24(2)3)43-23-31(27(6)17-37(43)45)11-12-42-21-26(5)22-42;1-6-25-19(24)11-18(23)17-10-16(9-15(5)21(17)22)20-13(3)7-12(2)8-14(20)4;1-11(2)6-15(17(25)26)23-10-13(4-5-22-8-12(3)9-22)14(7-16(23)24)18(19,20)21;/h14-18,23-24,26,32,35H,10-13,19-22H2,1-9H3;7-10,18H,6,11,23H2,1-5H3;7,10-12,15H,4-6,8-9H2,1-3H3,(H,25,26);1H2/t32-,35?;18-;;/m00../s1. The number of rotatable bonds is 26. The van der Waals surface area contributed by atoms with Crippen molar-refractivity contribution in [3.05, 3.63) is 183 Å². The molecule has 2 unspecified atom stereocenters. The number of esters is 2. The summed E-state index contributed by atoms with van der Waals surface area (Å²) in [7, 11) is 0. The third-order valence-corrected chi connectivity index (χ3v) is 18.5. The van der Waals surface area contributed by atoms with Crippen LogP contribution in [0.15, 0.2) is 82.6 Å². The molecule has 2 aliphatic rings. The predicted molar refractivity (Wildman–Crippen MR) is 388 cm³/mol. The molecule has 0 amide bonds. The van der Waals surface area contributed by atoms with Gasteiger partial charge in [0.15, 0.2) is 5.78 Å². The fourth-order valence-corrected chi connectivity index (χ4v) is 14.0. The number of carbonyl (C=O) groups excluding carboxylic acids is 3. The first-order valence-corrected chi connectivity index (χ1v) is 34.5. The van der Waals surface area contributed by atoms with E-state index in [1.807, 2.05) is 71.7 Å². The SMILES string of the molecule is CC(C)CC(C(=O)O)n1cc(CCN2CC(C)C2)c(C(F)(F)F)cc1=O.CCOC(=O)C[C@H](CC(=O)C(CC(C)C)n1cc(CCN2CC(C)C2)c(C)cc1=O)c1cc(-c2c(C)cc(C)cc2C)cc(C)c1F.CCOC(=O)C[C@H](N)c1cc(-c2c(C)cc(C)cc2C)cc(C)c1F.S. The lowest BCUT2D eigenvalue weighted by molar-refractivity contribution is -0.144. The first-order valence-electron chi connectivity index (χ1n) is 34.5. The van der Waals surface area contributed by atoms with Crippen LogP contribution in [0.4, 0.5) is 22.0 Å². The molecule has 6 aromatic rings. The Labute approximate surface area is 589 Å². The molecule has 4 atom stereocenters. The second-order valence-corrected chi connectivity index (χ2v) is 28.5. The summed E-state index contributed by atoms with van der Waals surface area (Å²) in [5.74, 6) is -2.49. The number of Topliss-reactive ketones (excluding diaryl/α,β-unsaturated/α-hetero) is 1. The van der Waals surface area contributed by atoms with Crippen molar-refractivity contribution in [2.45, 2.75) is 193 Å². The molecule has 2 saturated heterocycles. The van der Waals surface area contributed by atoms with Gasteiger partial charge < -0.3 is 39.2 Å². The van der Waals surface area contributed by atoms with Crippen LogP contribution in [0.5, 0.6) is 0 Å². The Hall–Kier alpha value is -7.26. The number of hydrogen-bond acceptors (Lipinski definition) is 11. The Morgan fingerprint density at radius 1 is 0.556 bits per heavy atom. The number of nitrogens with zero attached hydrogens (tertiary/aromatic N) is 4. The number of aryl methyl sites for hydroxylation is 9. The largest absolute Gasteiger partial charge is 0.480 e. The zero-order chi connectivity index (χ0) is 72.9. The van der Waals surface area contributed by atoms with Gasteiger partial charge in [-0.1, -0.05) is 76.9 Å². The first-order chi connectivity index (χ1) is 45.9. The van der Waals surface area contributed by atoms with Crippen LogP contribution >= 0.6 is 13.5 Å². The van der Waals surface area contributed by atoms with Crippen LogP contribution in [0.3, 0.4) is 0 Å². The third kappa shape index (κ3) is 22.4. The summed E-state index contributed by atoms with van der Waals surface area (Å²) in [5, 5.41) is 9.42. The summed E-state index contributed by atoms with van der Waals surface area (Å²) in [6.07, 6.45) is -0.421. The average molecular weight is 1400 g/mol. The molecule has 3 N–H and O–H groups in total. The normalized spacial score (nSPS) is 14.8. The molecule has 14 nitrogen and oxygen atoms in total. The Balaban J connectivity index is 0.000000289. The zero-order valence-corrected chi connectivity index (χ0v) is 62.1. The van der Waals surface area contributed by atoms with Gasteiger partial charge in [0.2, 0.25) is 0 Å². The number of pyridine rings is 2. The number of halogens is 5. The van der Waals surface area contributed by atoms with Crippen LogP contribution < -0.4 is 16.9 Å². The number of hydrogen-bond donors (Lipinski definition) is 2. The fourth-order valence-electron chi connectivity index (χ4n) is 14.0. The van der Waals surface area contributed by atoms with E-state index >= 15 is 4.39 Å². The topological polar surface area (TPSA) is 183 Å². The van der Waals surface area contributed by atoms with Gasteiger partial charge in [-0.15, -0.1) is 0 Å². The van der Waals surface area contributed by atoms with Crippen LogP contribution in [0.25, 0.3) is 22.3 Å². The number of carboxylic acids is 1. The van der Waals surface area contributed by atoms with Crippen LogP contribution in [-0.2, 0) is 47.7 Å². The van der Waals surface area contributed by atoms with Crippen molar-refractivity contribution in [2.75, 3.05) is 52.5 Å². The number of ketones is 1. The molecule has 99 heavy (non-hydrogen) atoms. The van der Waals surface area contributed by atoms with E-state index in [2.05, 4.69) is 56.9 Å². The van der Waals surface area contributed by atoms with Gasteiger partial charge in [-0.25, -0.2) is 13.6 Å². The lowest BCUT2D eigenvalue weighted by atomic mass is 9.83. The number of carboxylic acid groups (broad SMARTS) is 1. The molecule has 2 fully saturated rings. The summed E-state index contributed by atoms with van der Waals surface area (Å²) in [5.41, 5.74) is 18.2. The monoisotopic (exact) mass is 1400 g/mol. The maximum Gasteiger partial charge on any atom is 0.416 e. The van der Waals surface area contributed by atoms with Crippen molar-refractivity contribution in [1.29, 1.82) is 0 Å². The van der Waals surface area contributed by atoms with Crippen molar-refractivity contribution in [2.24, 2.45) is 29.4 Å². The number of aromatic nitrogens is 2. The highest BCUT2D eigenvalue weighted by molar-refractivity contribution is 7.59. The fraction of sp³-hybridized carbons (Fsp3) is 0.519. The predicted octanol–water partition coefficient (Wildman–Crippen LogP) is 15.8. The van der Waals surface area contributed by atoms with E-state index < -0.39 is 65.1 Å². The maximum absolute atomic E-state index is 16.1. The van der Waals surface area contributed by atoms with Gasteiger partial charge in [-0.3, -0.25) is 24.0 Å². The van der Waals surface area contributed by atoms with Crippen LogP contribution in [-0.4, -0.2) is 100 Å². The van der Waals surface area contributed by atoms with Gasteiger partial charge >= 0.3 is 24.1 Å². The molecule has 4 aromatic carbocycles. The van der Waals surface area contributed by atoms with Crippen LogP contribution in [0.1, 0.15) is 189 Å². The van der Waals surface area contributed by atoms with Gasteiger partial charge in [-0.2, -0.15) is 26.7 Å². The van der Waals surface area contributed by atoms with Gasteiger partial charge in [0.05, 0.1) is 37.7 Å². The molecule has 0 radical (unpaired) electrons. The van der Waals surface area contributed by atoms with E-state index in [-0.39, 0.29) is 93.4 Å². The van der Waals surface area contributed by atoms with Crippen molar-refractivity contribution >= 4 is 37.2 Å². The number of carbonyl (C=O) groups is 4. The molecule has 2 aromatic heterocycles. The third-order valence-electron chi connectivity index (χ3n) is 18.5. The number of ether oxygens (including phenoxy) is 2. The molecule has 0 aliphatic carbocycles. The molecule has 2 aliphatic heterocycles. The minimum atomic E-state index is -4.65. The van der Waals surface area contributed by atoms with Crippen molar-refractivity contribution < 1.29 is 55.7 Å². The Kier molecular flexibility index (Phi) is 30.3. The van der Waals surface area contributed by atoms with Crippen molar-refractivity contribution in [1.82, 2.24) is 18.9 Å². The van der Waals surface area contributed by atoms with Crippen molar-refractivity contribution in [3.63, 3.8) is 0 Å². The highest BCUT2D eigenvalue weighted by atomic mass is 32.1. The van der Waals surface area contributed by atoms with Crippen molar-refractivity contribution in [3.8, 4) is 22.3 Å². The Bertz CT molecular complexity index is 3900. The second-order valence-electron chi connectivity index (χ2n) is 28.5. The van der Waals surface area contributed by atoms with E-state index in [4.69, 9.17) is 15.2 Å². The Morgan fingerprint density at radius 2 is 0.960 bits per heavy atom. The van der Waals surface area contributed by atoms with Gasteiger partial charge in [-0.05, 0) is 228 Å². The second kappa shape index (κ2) is 36.4. The summed E-state index contributed by atoms with van der Waals surface area (Å²) >= 11 is 0. The molecular weight excluding hydrogens is 1290 g/mol. The van der Waals surface area contributed by atoms with Gasteiger partial charge in [0, 0.05) is 87.7 Å². The summed E-state index contributed by atoms with van der Waals surface area (Å²) in [6.45, 7) is 38.8. The van der Waals surface area contributed by atoms with Gasteiger partial charge in [0.1, 0.15) is 17.7 Å². The van der Waals surface area contributed by atoms with E-state index in [0.717, 1.165) is 111 Å². The lowest BCUT2D eigenvalue weighted by Gasteiger charge is -2.37.